The highest BCUT2D eigenvalue weighted by Crippen LogP contribution is 2.28. The molecule has 6 heteroatoms. The Morgan fingerprint density at radius 1 is 1.19 bits per heavy atom. The van der Waals surface area contributed by atoms with Crippen LogP contribution in [0.2, 0.25) is 0 Å². The van der Waals surface area contributed by atoms with Gasteiger partial charge in [-0.15, -0.1) is 11.3 Å². The van der Waals surface area contributed by atoms with Gasteiger partial charge >= 0.3 is 0 Å². The Morgan fingerprint density at radius 2 is 2.00 bits per heavy atom. The zero-order valence-corrected chi connectivity index (χ0v) is 13.3. The van der Waals surface area contributed by atoms with E-state index in [1.165, 1.54) is 12.8 Å². The Morgan fingerprint density at radius 3 is 2.67 bits per heavy atom. The van der Waals surface area contributed by atoms with Crippen molar-refractivity contribution in [1.82, 2.24) is 14.8 Å². The predicted octanol–water partition coefficient (Wildman–Crippen LogP) is 2.79. The summed E-state index contributed by atoms with van der Waals surface area (Å²) in [5, 5.41) is 6.94. The molecule has 0 radical (unpaired) electrons. The standard InChI is InChI=1S/C15H17N3OS2/c19-15(18-6-4-17(5-7-18)12-1-2-12)13-10-21-14(16-13)11-3-8-20-9-11/h3,8-10,12H,1-2,4-7H2. The zero-order valence-electron chi connectivity index (χ0n) is 11.7. The van der Waals surface area contributed by atoms with Crippen LogP contribution in [0.25, 0.3) is 10.6 Å². The van der Waals surface area contributed by atoms with Crippen LogP contribution in [0.1, 0.15) is 23.3 Å². The number of thiazole rings is 1. The van der Waals surface area contributed by atoms with Crippen molar-refractivity contribution >= 4 is 28.6 Å². The lowest BCUT2D eigenvalue weighted by Crippen LogP contribution is -2.49. The second kappa shape index (κ2) is 5.51. The molecule has 0 bridgehead atoms. The quantitative estimate of drug-likeness (QED) is 0.873. The van der Waals surface area contributed by atoms with Gasteiger partial charge < -0.3 is 4.90 Å². The average molecular weight is 319 g/mol. The first-order valence-corrected chi connectivity index (χ1v) is 9.15. The van der Waals surface area contributed by atoms with Gasteiger partial charge in [0.15, 0.2) is 0 Å². The number of hydrogen-bond acceptors (Lipinski definition) is 5. The molecule has 1 amide bonds. The fraction of sp³-hybridized carbons (Fsp3) is 0.467. The van der Waals surface area contributed by atoms with Gasteiger partial charge in [-0.05, 0) is 24.3 Å². The fourth-order valence-electron chi connectivity index (χ4n) is 2.78. The number of hydrogen-bond donors (Lipinski definition) is 0. The number of nitrogens with zero attached hydrogens (tertiary/aromatic N) is 3. The summed E-state index contributed by atoms with van der Waals surface area (Å²) in [6, 6.07) is 2.85. The van der Waals surface area contributed by atoms with E-state index in [-0.39, 0.29) is 5.91 Å². The largest absolute Gasteiger partial charge is 0.335 e. The molecule has 0 atom stereocenters. The monoisotopic (exact) mass is 319 g/mol. The normalized spacial score (nSPS) is 19.9. The number of carbonyl (C=O) groups is 1. The van der Waals surface area contributed by atoms with E-state index in [9.17, 15) is 4.79 Å². The van der Waals surface area contributed by atoms with Crippen molar-refractivity contribution in [1.29, 1.82) is 0 Å². The molecular formula is C15H17N3OS2. The van der Waals surface area contributed by atoms with Crippen LogP contribution in [-0.2, 0) is 0 Å². The molecule has 2 aliphatic rings. The molecule has 0 aromatic carbocycles. The maximum atomic E-state index is 12.5. The molecule has 1 saturated carbocycles. The van der Waals surface area contributed by atoms with Crippen molar-refractivity contribution in [3.05, 3.63) is 27.9 Å². The molecule has 21 heavy (non-hydrogen) atoms. The summed E-state index contributed by atoms with van der Waals surface area (Å²) in [6.07, 6.45) is 2.67. The van der Waals surface area contributed by atoms with Crippen LogP contribution in [0.4, 0.5) is 0 Å². The van der Waals surface area contributed by atoms with Gasteiger partial charge in [0.2, 0.25) is 0 Å². The molecule has 0 N–H and O–H groups in total. The van der Waals surface area contributed by atoms with E-state index in [1.54, 1.807) is 22.7 Å². The Hall–Kier alpha value is -1.24. The van der Waals surface area contributed by atoms with Crippen LogP contribution >= 0.6 is 22.7 Å². The maximum absolute atomic E-state index is 12.5. The molecule has 2 aromatic heterocycles. The number of aromatic nitrogens is 1. The van der Waals surface area contributed by atoms with Crippen LogP contribution in [0.5, 0.6) is 0 Å². The van der Waals surface area contributed by atoms with Crippen LogP contribution in [0, 0.1) is 0 Å². The molecule has 4 nitrogen and oxygen atoms in total. The second-order valence-corrected chi connectivity index (χ2v) is 7.25. The Labute approximate surface area is 132 Å². The lowest BCUT2D eigenvalue weighted by Gasteiger charge is -2.34. The highest BCUT2D eigenvalue weighted by Gasteiger charge is 2.32. The molecule has 4 rings (SSSR count). The molecule has 2 fully saturated rings. The lowest BCUT2D eigenvalue weighted by molar-refractivity contribution is 0.0622. The van der Waals surface area contributed by atoms with E-state index in [1.807, 2.05) is 21.7 Å². The van der Waals surface area contributed by atoms with Gasteiger partial charge in [-0.25, -0.2) is 4.98 Å². The van der Waals surface area contributed by atoms with Crippen molar-refractivity contribution in [3.8, 4) is 10.6 Å². The molecule has 0 unspecified atom stereocenters. The maximum Gasteiger partial charge on any atom is 0.273 e. The first-order chi connectivity index (χ1) is 10.3. The number of rotatable bonds is 3. The van der Waals surface area contributed by atoms with Gasteiger partial charge in [0.05, 0.1) is 0 Å². The zero-order chi connectivity index (χ0) is 14.2. The van der Waals surface area contributed by atoms with Crippen molar-refractivity contribution < 1.29 is 4.79 Å². The van der Waals surface area contributed by atoms with E-state index < -0.39 is 0 Å². The molecule has 2 aromatic rings. The first-order valence-electron chi connectivity index (χ1n) is 7.33. The van der Waals surface area contributed by atoms with E-state index in [0.29, 0.717) is 5.69 Å². The van der Waals surface area contributed by atoms with E-state index in [4.69, 9.17) is 0 Å². The Balaban J connectivity index is 1.43. The van der Waals surface area contributed by atoms with Gasteiger partial charge in [-0.1, -0.05) is 0 Å². The summed E-state index contributed by atoms with van der Waals surface area (Å²) in [4.78, 5) is 21.5. The summed E-state index contributed by atoms with van der Waals surface area (Å²) < 4.78 is 0. The third-order valence-electron chi connectivity index (χ3n) is 4.16. The highest BCUT2D eigenvalue weighted by molar-refractivity contribution is 7.14. The summed E-state index contributed by atoms with van der Waals surface area (Å²) in [7, 11) is 0. The van der Waals surface area contributed by atoms with E-state index >= 15 is 0 Å². The molecule has 3 heterocycles. The fourth-order valence-corrected chi connectivity index (χ4v) is 4.29. The van der Waals surface area contributed by atoms with E-state index in [2.05, 4.69) is 15.3 Å². The summed E-state index contributed by atoms with van der Waals surface area (Å²) in [5.74, 6) is 0.0863. The minimum Gasteiger partial charge on any atom is -0.335 e. The second-order valence-electron chi connectivity index (χ2n) is 5.61. The van der Waals surface area contributed by atoms with Crippen molar-refractivity contribution in [2.75, 3.05) is 26.2 Å². The van der Waals surface area contributed by atoms with Crippen molar-refractivity contribution in [2.45, 2.75) is 18.9 Å². The molecular weight excluding hydrogens is 302 g/mol. The molecule has 1 aliphatic carbocycles. The number of amides is 1. The molecule has 1 aliphatic heterocycles. The third-order valence-corrected chi connectivity index (χ3v) is 5.73. The van der Waals surface area contributed by atoms with Gasteiger partial charge in [0.1, 0.15) is 10.7 Å². The third kappa shape index (κ3) is 2.75. The average Bonchev–Trinajstić information content (AvgIpc) is 3.03. The highest BCUT2D eigenvalue weighted by atomic mass is 32.1. The molecule has 110 valence electrons. The summed E-state index contributed by atoms with van der Waals surface area (Å²) in [6.45, 7) is 3.69. The Bertz CT molecular complexity index is 625. The van der Waals surface area contributed by atoms with Crippen LogP contribution in [0.3, 0.4) is 0 Å². The lowest BCUT2D eigenvalue weighted by atomic mass is 10.3. The number of thiophene rings is 1. The van der Waals surface area contributed by atoms with Crippen LogP contribution in [-0.4, -0.2) is 52.9 Å². The SMILES string of the molecule is O=C(c1csc(-c2ccsc2)n1)N1CCN(C2CC2)CC1. The minimum absolute atomic E-state index is 0.0863. The van der Waals surface area contributed by atoms with Gasteiger partial charge in [-0.2, -0.15) is 11.3 Å². The van der Waals surface area contributed by atoms with Crippen LogP contribution < -0.4 is 0 Å². The summed E-state index contributed by atoms with van der Waals surface area (Å²) in [5.41, 5.74) is 1.71. The molecule has 0 spiro atoms. The van der Waals surface area contributed by atoms with Crippen molar-refractivity contribution in [3.63, 3.8) is 0 Å². The molecule has 1 saturated heterocycles. The van der Waals surface area contributed by atoms with Gasteiger partial charge in [-0.3, -0.25) is 9.69 Å². The number of piperazine rings is 1. The predicted molar refractivity (Wildman–Crippen MR) is 85.9 cm³/mol. The van der Waals surface area contributed by atoms with E-state index in [0.717, 1.165) is 42.8 Å². The smallest absolute Gasteiger partial charge is 0.273 e. The minimum atomic E-state index is 0.0863. The van der Waals surface area contributed by atoms with Gasteiger partial charge in [0, 0.05) is 48.5 Å². The topological polar surface area (TPSA) is 36.4 Å². The van der Waals surface area contributed by atoms with Crippen LogP contribution in [0.15, 0.2) is 22.2 Å². The first kappa shape index (κ1) is 13.4. The summed E-state index contributed by atoms with van der Waals surface area (Å²) >= 11 is 3.21. The Kier molecular flexibility index (Phi) is 3.52. The van der Waals surface area contributed by atoms with Gasteiger partial charge in [0.25, 0.3) is 5.91 Å². The number of carbonyl (C=O) groups excluding carboxylic acids is 1. The van der Waals surface area contributed by atoms with Crippen molar-refractivity contribution in [2.24, 2.45) is 0 Å².